The normalized spacial score (nSPS) is 11.2. The Morgan fingerprint density at radius 1 is 1.16 bits per heavy atom. The predicted octanol–water partition coefficient (Wildman–Crippen LogP) is -1.53. The van der Waals surface area contributed by atoms with Gasteiger partial charge in [-0.1, -0.05) is 6.92 Å². The van der Waals surface area contributed by atoms with Gasteiger partial charge in [-0.15, -0.1) is 0 Å². The molecule has 108 valence electrons. The Hall–Kier alpha value is -2.12. The molecule has 1 unspecified atom stereocenters. The fraction of sp³-hybridized carbons (Fsp3) is 0.636. The van der Waals surface area contributed by atoms with Crippen LogP contribution in [0.3, 0.4) is 0 Å². The Balaban J connectivity index is 3.66. The van der Waals surface area contributed by atoms with E-state index in [0.29, 0.717) is 19.5 Å². The number of carboxylic acid groups (broad SMARTS) is 1. The molecule has 4 N–H and O–H groups in total. The fourth-order valence-corrected chi connectivity index (χ4v) is 1.25. The Morgan fingerprint density at radius 3 is 2.42 bits per heavy atom. The minimum absolute atomic E-state index is 0.104. The summed E-state index contributed by atoms with van der Waals surface area (Å²) < 4.78 is 0. The first-order valence-corrected chi connectivity index (χ1v) is 5.90. The second-order valence-corrected chi connectivity index (χ2v) is 3.96. The van der Waals surface area contributed by atoms with Crippen LogP contribution in [-0.2, 0) is 19.2 Å². The molecule has 0 aromatic carbocycles. The molecule has 8 nitrogen and oxygen atoms in total. The lowest BCUT2D eigenvalue weighted by molar-refractivity contribution is -0.140. The molecule has 0 bridgehead atoms. The van der Waals surface area contributed by atoms with Crippen LogP contribution in [0.4, 0.5) is 0 Å². The number of aliphatic carboxylic acids is 1. The Bertz CT molecular complexity index is 332. The van der Waals surface area contributed by atoms with Gasteiger partial charge in [0.15, 0.2) is 0 Å². The Labute approximate surface area is 110 Å². The molecular formula is C11H19N3O5. The second-order valence-electron chi connectivity index (χ2n) is 3.96. The number of carboxylic acids is 1. The van der Waals surface area contributed by atoms with E-state index < -0.39 is 17.8 Å². The van der Waals surface area contributed by atoms with Gasteiger partial charge in [-0.3, -0.25) is 19.2 Å². The van der Waals surface area contributed by atoms with Crippen LogP contribution >= 0.6 is 0 Å². The van der Waals surface area contributed by atoms with Crippen LogP contribution in [0.15, 0.2) is 0 Å². The standard InChI is InChI=1S/C11H19N3O5/c1-8(6-10(17)18)11(19)14-3-2-9(16)13-5-4-12-7-15/h7-8H,2-6H2,1H3,(H,12,15)(H,13,16)(H,14,19)(H,17,18). The summed E-state index contributed by atoms with van der Waals surface area (Å²) >= 11 is 0. The van der Waals surface area contributed by atoms with E-state index in [2.05, 4.69) is 16.0 Å². The zero-order valence-electron chi connectivity index (χ0n) is 10.8. The van der Waals surface area contributed by atoms with Gasteiger partial charge in [0.1, 0.15) is 0 Å². The van der Waals surface area contributed by atoms with E-state index in [1.165, 1.54) is 6.92 Å². The molecule has 0 saturated carbocycles. The number of carbonyl (C=O) groups excluding carboxylic acids is 3. The molecule has 0 rings (SSSR count). The lowest BCUT2D eigenvalue weighted by Gasteiger charge is -2.10. The van der Waals surface area contributed by atoms with Crippen LogP contribution in [0.1, 0.15) is 19.8 Å². The molecule has 1 atom stereocenters. The van der Waals surface area contributed by atoms with E-state index in [0.717, 1.165) is 0 Å². The maximum absolute atomic E-state index is 11.4. The lowest BCUT2D eigenvalue weighted by Crippen LogP contribution is -2.36. The predicted molar refractivity (Wildman–Crippen MR) is 66.1 cm³/mol. The molecule has 0 spiro atoms. The van der Waals surface area contributed by atoms with Crippen LogP contribution in [0.5, 0.6) is 0 Å². The quantitative estimate of drug-likeness (QED) is 0.284. The van der Waals surface area contributed by atoms with Gasteiger partial charge in [0.2, 0.25) is 18.2 Å². The summed E-state index contributed by atoms with van der Waals surface area (Å²) in [6.07, 6.45) is 0.401. The lowest BCUT2D eigenvalue weighted by atomic mass is 10.1. The number of rotatable bonds is 10. The first-order chi connectivity index (χ1) is 8.97. The molecule has 0 radical (unpaired) electrons. The Kier molecular flexibility index (Phi) is 8.76. The minimum Gasteiger partial charge on any atom is -0.481 e. The monoisotopic (exact) mass is 273 g/mol. The first-order valence-electron chi connectivity index (χ1n) is 5.90. The van der Waals surface area contributed by atoms with Gasteiger partial charge in [0.25, 0.3) is 0 Å². The van der Waals surface area contributed by atoms with E-state index in [4.69, 9.17) is 5.11 Å². The van der Waals surface area contributed by atoms with Crippen LogP contribution in [0, 0.1) is 5.92 Å². The highest BCUT2D eigenvalue weighted by molar-refractivity contribution is 5.83. The summed E-state index contributed by atoms with van der Waals surface area (Å²) in [5.41, 5.74) is 0. The summed E-state index contributed by atoms with van der Waals surface area (Å²) in [7, 11) is 0. The van der Waals surface area contributed by atoms with E-state index in [1.54, 1.807) is 0 Å². The van der Waals surface area contributed by atoms with Gasteiger partial charge in [-0.05, 0) is 0 Å². The van der Waals surface area contributed by atoms with Gasteiger partial charge < -0.3 is 21.1 Å². The van der Waals surface area contributed by atoms with E-state index >= 15 is 0 Å². The van der Waals surface area contributed by atoms with Crippen molar-refractivity contribution in [2.45, 2.75) is 19.8 Å². The minimum atomic E-state index is -1.04. The van der Waals surface area contributed by atoms with Crippen molar-refractivity contribution in [1.29, 1.82) is 0 Å². The van der Waals surface area contributed by atoms with Crippen molar-refractivity contribution in [3.63, 3.8) is 0 Å². The second kappa shape index (κ2) is 9.86. The zero-order chi connectivity index (χ0) is 14.7. The summed E-state index contributed by atoms with van der Waals surface area (Å²) in [6, 6.07) is 0. The summed E-state index contributed by atoms with van der Waals surface area (Å²) in [5.74, 6) is -2.31. The summed E-state index contributed by atoms with van der Waals surface area (Å²) in [6.45, 7) is 2.32. The van der Waals surface area contributed by atoms with Crippen molar-refractivity contribution < 1.29 is 24.3 Å². The van der Waals surface area contributed by atoms with Gasteiger partial charge in [-0.2, -0.15) is 0 Å². The number of nitrogens with one attached hydrogen (secondary N) is 3. The van der Waals surface area contributed by atoms with Gasteiger partial charge in [0, 0.05) is 32.0 Å². The number of hydrogen-bond acceptors (Lipinski definition) is 4. The molecule has 0 saturated heterocycles. The van der Waals surface area contributed by atoms with Crippen LogP contribution in [0.25, 0.3) is 0 Å². The van der Waals surface area contributed by atoms with Gasteiger partial charge >= 0.3 is 5.97 Å². The molecule has 0 aliphatic heterocycles. The molecule has 19 heavy (non-hydrogen) atoms. The highest BCUT2D eigenvalue weighted by Crippen LogP contribution is 2.01. The molecule has 3 amide bonds. The third-order valence-corrected chi connectivity index (χ3v) is 2.25. The first kappa shape index (κ1) is 16.9. The third-order valence-electron chi connectivity index (χ3n) is 2.25. The zero-order valence-corrected chi connectivity index (χ0v) is 10.8. The maximum Gasteiger partial charge on any atom is 0.304 e. The molecule has 0 aromatic rings. The summed E-state index contributed by atoms with van der Waals surface area (Å²) in [5, 5.41) is 15.9. The molecule has 0 aliphatic rings. The van der Waals surface area contributed by atoms with E-state index in [-0.39, 0.29) is 25.3 Å². The largest absolute Gasteiger partial charge is 0.481 e. The molecule has 0 fully saturated rings. The van der Waals surface area contributed by atoms with Gasteiger partial charge in [-0.25, -0.2) is 0 Å². The topological polar surface area (TPSA) is 125 Å². The fourth-order valence-electron chi connectivity index (χ4n) is 1.25. The third kappa shape index (κ3) is 9.57. The van der Waals surface area contributed by atoms with E-state index in [9.17, 15) is 19.2 Å². The van der Waals surface area contributed by atoms with Crippen LogP contribution in [0.2, 0.25) is 0 Å². The van der Waals surface area contributed by atoms with Crippen LogP contribution < -0.4 is 16.0 Å². The smallest absolute Gasteiger partial charge is 0.304 e. The van der Waals surface area contributed by atoms with Crippen molar-refractivity contribution in [2.24, 2.45) is 5.92 Å². The Morgan fingerprint density at radius 2 is 1.84 bits per heavy atom. The molecule has 0 aliphatic carbocycles. The molecule has 0 aromatic heterocycles. The van der Waals surface area contributed by atoms with Crippen LogP contribution in [-0.4, -0.2) is 48.9 Å². The highest BCUT2D eigenvalue weighted by atomic mass is 16.4. The van der Waals surface area contributed by atoms with Crippen molar-refractivity contribution in [3.05, 3.63) is 0 Å². The van der Waals surface area contributed by atoms with Crippen molar-refractivity contribution in [1.82, 2.24) is 16.0 Å². The van der Waals surface area contributed by atoms with Gasteiger partial charge in [0.05, 0.1) is 6.42 Å². The van der Waals surface area contributed by atoms with Crippen molar-refractivity contribution >= 4 is 24.2 Å². The molecule has 0 heterocycles. The van der Waals surface area contributed by atoms with E-state index in [1.807, 2.05) is 0 Å². The SMILES string of the molecule is CC(CC(=O)O)C(=O)NCCC(=O)NCCNC=O. The maximum atomic E-state index is 11.4. The number of amides is 3. The number of carbonyl (C=O) groups is 4. The van der Waals surface area contributed by atoms with Crippen molar-refractivity contribution in [2.75, 3.05) is 19.6 Å². The highest BCUT2D eigenvalue weighted by Gasteiger charge is 2.15. The van der Waals surface area contributed by atoms with Crippen molar-refractivity contribution in [3.8, 4) is 0 Å². The molecular weight excluding hydrogens is 254 g/mol. The number of hydrogen-bond donors (Lipinski definition) is 4. The average Bonchev–Trinajstić information content (AvgIpc) is 2.33. The average molecular weight is 273 g/mol. The summed E-state index contributed by atoms with van der Waals surface area (Å²) in [4.78, 5) is 43.0. The molecule has 8 heteroatoms.